The second-order valence-corrected chi connectivity index (χ2v) is 10.7. The van der Waals surface area contributed by atoms with Crippen LogP contribution < -0.4 is 10.1 Å². The number of methoxy groups -OCH3 is 1. The number of piperazine rings is 1. The van der Waals surface area contributed by atoms with Crippen LogP contribution in [0.15, 0.2) is 47.4 Å². The number of carbonyl (C=O) groups excluding carboxylic acids is 1. The fourth-order valence-electron chi connectivity index (χ4n) is 3.52. The summed E-state index contributed by atoms with van der Waals surface area (Å²) in [7, 11) is -0.249. The molecule has 1 fully saturated rings. The number of ether oxygens (including phenoxy) is 2. The van der Waals surface area contributed by atoms with Gasteiger partial charge in [0.2, 0.25) is 15.9 Å². The van der Waals surface area contributed by atoms with Crippen molar-refractivity contribution in [2.45, 2.75) is 11.5 Å². The fraction of sp³-hybridized carbons (Fsp3) is 0.364. The molecule has 0 saturated carbocycles. The van der Waals surface area contributed by atoms with Crippen LogP contribution in [0.2, 0.25) is 0 Å². The summed E-state index contributed by atoms with van der Waals surface area (Å²) in [6.45, 7) is 2.20. The summed E-state index contributed by atoms with van der Waals surface area (Å²) < 4.78 is 39.5. The molecule has 4 rings (SSSR count). The van der Waals surface area contributed by atoms with Crippen LogP contribution in [0.5, 0.6) is 5.75 Å². The number of fused-ring (bicyclic) bond motifs is 1. The van der Waals surface area contributed by atoms with E-state index in [2.05, 4.69) is 15.2 Å². The van der Waals surface area contributed by atoms with Crippen LogP contribution >= 0.6 is 11.3 Å². The number of hydrogen-bond acceptors (Lipinski definition) is 8. The molecule has 9 nitrogen and oxygen atoms in total. The summed E-state index contributed by atoms with van der Waals surface area (Å²) in [5, 5.41) is 3.48. The molecule has 1 amide bonds. The molecule has 33 heavy (non-hydrogen) atoms. The van der Waals surface area contributed by atoms with Gasteiger partial charge in [-0.25, -0.2) is 13.4 Å². The summed E-state index contributed by atoms with van der Waals surface area (Å²) in [5.41, 5.74) is 1.18. The molecule has 0 spiro atoms. The van der Waals surface area contributed by atoms with Gasteiger partial charge in [-0.3, -0.25) is 4.79 Å². The number of benzene rings is 2. The van der Waals surface area contributed by atoms with E-state index in [9.17, 15) is 13.2 Å². The Morgan fingerprint density at radius 1 is 1.15 bits per heavy atom. The van der Waals surface area contributed by atoms with Crippen molar-refractivity contribution in [3.8, 4) is 5.75 Å². The number of amides is 1. The largest absolute Gasteiger partial charge is 0.495 e. The molecule has 0 aliphatic carbocycles. The lowest BCUT2D eigenvalue weighted by atomic mass is 10.3. The Labute approximate surface area is 197 Å². The average molecular weight is 491 g/mol. The lowest BCUT2D eigenvalue weighted by Crippen LogP contribution is -2.47. The lowest BCUT2D eigenvalue weighted by molar-refractivity contribution is -0.121. The van der Waals surface area contributed by atoms with Crippen LogP contribution in [-0.2, 0) is 26.2 Å². The highest BCUT2D eigenvalue weighted by Crippen LogP contribution is 2.29. The Hall–Kier alpha value is -2.57. The van der Waals surface area contributed by atoms with Crippen molar-refractivity contribution in [1.82, 2.24) is 14.2 Å². The number of aromatic nitrogens is 1. The van der Waals surface area contributed by atoms with Crippen LogP contribution in [0, 0.1) is 0 Å². The van der Waals surface area contributed by atoms with E-state index in [1.807, 2.05) is 31.3 Å². The molecule has 176 valence electrons. The van der Waals surface area contributed by atoms with Gasteiger partial charge in [0.15, 0.2) is 0 Å². The SMILES string of the molecule is COc1ccc(S(=O)(=O)N2CCN(C)CC2)cc1NC(=O)COCc1nc2ccccc2s1. The van der Waals surface area contributed by atoms with E-state index in [0.717, 1.165) is 15.2 Å². The van der Waals surface area contributed by atoms with Crippen LogP contribution in [0.3, 0.4) is 0 Å². The monoisotopic (exact) mass is 490 g/mol. The predicted octanol–water partition coefficient (Wildman–Crippen LogP) is 2.40. The first-order valence-corrected chi connectivity index (χ1v) is 12.7. The highest BCUT2D eigenvalue weighted by molar-refractivity contribution is 7.89. The van der Waals surface area contributed by atoms with Crippen molar-refractivity contribution in [3.63, 3.8) is 0 Å². The van der Waals surface area contributed by atoms with Gasteiger partial charge in [0.1, 0.15) is 17.4 Å². The summed E-state index contributed by atoms with van der Waals surface area (Å²) >= 11 is 1.52. The standard InChI is InChI=1S/C22H26N4O5S2/c1-25-9-11-26(12-10-25)33(28,29)16-7-8-19(30-2)18(13-16)23-21(27)14-31-15-22-24-17-5-3-4-6-20(17)32-22/h3-8,13H,9-12,14-15H2,1-2H3,(H,23,27). The van der Waals surface area contributed by atoms with Crippen molar-refractivity contribution in [3.05, 3.63) is 47.5 Å². The number of nitrogens with zero attached hydrogens (tertiary/aromatic N) is 3. The van der Waals surface area contributed by atoms with Gasteiger partial charge < -0.3 is 19.7 Å². The van der Waals surface area contributed by atoms with Gasteiger partial charge in [0.05, 0.1) is 34.5 Å². The van der Waals surface area contributed by atoms with Gasteiger partial charge in [-0.15, -0.1) is 11.3 Å². The number of nitrogens with one attached hydrogen (secondary N) is 1. The molecule has 1 aromatic heterocycles. The first kappa shape index (κ1) is 23.6. The molecule has 3 aromatic rings. The van der Waals surface area contributed by atoms with Crippen LogP contribution in [0.4, 0.5) is 5.69 Å². The molecule has 1 aliphatic rings. The number of rotatable bonds is 8. The third-order valence-corrected chi connectivity index (χ3v) is 8.25. The first-order valence-electron chi connectivity index (χ1n) is 10.5. The number of likely N-dealkylation sites (N-methyl/N-ethyl adjacent to an activating group) is 1. The Balaban J connectivity index is 1.40. The highest BCUT2D eigenvalue weighted by Gasteiger charge is 2.28. The minimum atomic E-state index is -3.67. The van der Waals surface area contributed by atoms with Crippen LogP contribution in [0.25, 0.3) is 10.2 Å². The summed E-state index contributed by atoms with van der Waals surface area (Å²) in [6.07, 6.45) is 0. The Bertz CT molecular complexity index is 1200. The molecule has 0 unspecified atom stereocenters. The molecule has 0 bridgehead atoms. The molecule has 2 heterocycles. The average Bonchev–Trinajstić information content (AvgIpc) is 3.22. The zero-order valence-electron chi connectivity index (χ0n) is 18.5. The first-order chi connectivity index (χ1) is 15.9. The number of para-hydroxylation sites is 1. The van der Waals surface area contributed by atoms with E-state index in [1.165, 1.54) is 34.9 Å². The Morgan fingerprint density at radius 2 is 1.91 bits per heavy atom. The van der Waals surface area contributed by atoms with Gasteiger partial charge in [-0.2, -0.15) is 4.31 Å². The second kappa shape index (κ2) is 10.1. The summed E-state index contributed by atoms with van der Waals surface area (Å²) in [4.78, 5) is 19.1. The summed E-state index contributed by atoms with van der Waals surface area (Å²) in [5.74, 6) is -0.0459. The maximum Gasteiger partial charge on any atom is 0.250 e. The maximum absolute atomic E-state index is 13.1. The third kappa shape index (κ3) is 5.50. The van der Waals surface area contributed by atoms with E-state index < -0.39 is 15.9 Å². The second-order valence-electron chi connectivity index (χ2n) is 7.69. The lowest BCUT2D eigenvalue weighted by Gasteiger charge is -2.31. The third-order valence-electron chi connectivity index (χ3n) is 5.34. The number of anilines is 1. The molecule has 1 aliphatic heterocycles. The van der Waals surface area contributed by atoms with Crippen molar-refractivity contribution >= 4 is 43.2 Å². The van der Waals surface area contributed by atoms with E-state index in [4.69, 9.17) is 9.47 Å². The van der Waals surface area contributed by atoms with Crippen molar-refractivity contribution in [1.29, 1.82) is 0 Å². The maximum atomic E-state index is 13.1. The quantitative estimate of drug-likeness (QED) is 0.517. The van der Waals surface area contributed by atoms with E-state index in [-0.39, 0.29) is 23.8 Å². The molecule has 11 heteroatoms. The number of sulfonamides is 1. The minimum absolute atomic E-state index is 0.110. The summed E-state index contributed by atoms with van der Waals surface area (Å²) in [6, 6.07) is 12.2. The van der Waals surface area contributed by atoms with Crippen LogP contribution in [0.1, 0.15) is 5.01 Å². The zero-order chi connectivity index (χ0) is 23.4. The fourth-order valence-corrected chi connectivity index (χ4v) is 5.88. The number of carbonyl (C=O) groups is 1. The van der Waals surface area contributed by atoms with E-state index in [1.54, 1.807) is 6.07 Å². The smallest absolute Gasteiger partial charge is 0.250 e. The van der Waals surface area contributed by atoms with Crippen LogP contribution in [-0.4, -0.2) is 75.5 Å². The highest BCUT2D eigenvalue weighted by atomic mass is 32.2. The topological polar surface area (TPSA) is 101 Å². The Kier molecular flexibility index (Phi) is 7.25. The van der Waals surface area contributed by atoms with Crippen molar-refractivity contribution in [2.24, 2.45) is 0 Å². The van der Waals surface area contributed by atoms with E-state index in [0.29, 0.717) is 31.9 Å². The van der Waals surface area contributed by atoms with Gasteiger partial charge in [0, 0.05) is 26.2 Å². The number of thiazole rings is 1. The molecule has 1 saturated heterocycles. The normalized spacial score (nSPS) is 15.6. The molecular formula is C22H26N4O5S2. The van der Waals surface area contributed by atoms with Gasteiger partial charge in [0.25, 0.3) is 0 Å². The van der Waals surface area contributed by atoms with Gasteiger partial charge >= 0.3 is 0 Å². The Morgan fingerprint density at radius 3 is 2.64 bits per heavy atom. The van der Waals surface area contributed by atoms with Crippen molar-refractivity contribution < 1.29 is 22.7 Å². The molecular weight excluding hydrogens is 464 g/mol. The van der Waals surface area contributed by atoms with Gasteiger partial charge in [-0.05, 0) is 37.4 Å². The molecule has 2 aromatic carbocycles. The number of hydrogen-bond donors (Lipinski definition) is 1. The molecule has 0 radical (unpaired) electrons. The molecule has 1 N–H and O–H groups in total. The van der Waals surface area contributed by atoms with E-state index >= 15 is 0 Å². The van der Waals surface area contributed by atoms with Gasteiger partial charge in [-0.1, -0.05) is 12.1 Å². The minimum Gasteiger partial charge on any atom is -0.495 e. The van der Waals surface area contributed by atoms with Crippen molar-refractivity contribution in [2.75, 3.05) is 52.3 Å². The molecule has 0 atom stereocenters. The predicted molar refractivity (Wildman–Crippen MR) is 127 cm³/mol. The zero-order valence-corrected chi connectivity index (χ0v) is 20.1.